The molecule has 0 saturated heterocycles. The summed E-state index contributed by atoms with van der Waals surface area (Å²) < 4.78 is 0. The van der Waals surface area contributed by atoms with Crippen LogP contribution in [-0.4, -0.2) is 18.0 Å². The largest absolute Gasteiger partial charge is 0.352 e. The maximum Gasteiger partial charge on any atom is 0.237 e. The fourth-order valence-corrected chi connectivity index (χ4v) is 3.02. The second kappa shape index (κ2) is 5.33. The zero-order chi connectivity index (χ0) is 13.2. The van der Waals surface area contributed by atoms with Crippen LogP contribution in [0.3, 0.4) is 0 Å². The van der Waals surface area contributed by atoms with E-state index in [9.17, 15) is 4.79 Å². The number of nitrogens with one attached hydrogen (secondary N) is 2. The summed E-state index contributed by atoms with van der Waals surface area (Å²) in [7, 11) is 0. The molecule has 0 aromatic heterocycles. The van der Waals surface area contributed by atoms with Crippen LogP contribution in [-0.2, 0) is 17.8 Å². The maximum absolute atomic E-state index is 12.3. The molecule has 3 heteroatoms. The van der Waals surface area contributed by atoms with E-state index in [0.29, 0.717) is 12.0 Å². The molecule has 3 rings (SSSR count). The van der Waals surface area contributed by atoms with E-state index in [1.807, 2.05) is 0 Å². The number of carbonyl (C=O) groups is 1. The number of carbonyl (C=O) groups excluding carboxylic acids is 1. The summed E-state index contributed by atoms with van der Waals surface area (Å²) in [5, 5.41) is 6.52. The Labute approximate surface area is 114 Å². The third-order valence-electron chi connectivity index (χ3n) is 4.62. The first kappa shape index (κ1) is 12.7. The normalized spacial score (nSPS) is 24.2. The second-order valence-electron chi connectivity index (χ2n) is 5.89. The summed E-state index contributed by atoms with van der Waals surface area (Å²) in [4.78, 5) is 12.3. The molecule has 2 N–H and O–H groups in total. The van der Waals surface area contributed by atoms with Gasteiger partial charge in [-0.1, -0.05) is 30.7 Å². The highest BCUT2D eigenvalue weighted by atomic mass is 16.2. The molecule has 1 aromatic rings. The van der Waals surface area contributed by atoms with Gasteiger partial charge in [0.2, 0.25) is 5.91 Å². The van der Waals surface area contributed by atoms with Crippen molar-refractivity contribution in [1.29, 1.82) is 0 Å². The van der Waals surface area contributed by atoms with Gasteiger partial charge < -0.3 is 10.6 Å². The van der Waals surface area contributed by atoms with Gasteiger partial charge in [-0.05, 0) is 43.2 Å². The Kier molecular flexibility index (Phi) is 3.56. The molecular weight excluding hydrogens is 236 g/mol. The van der Waals surface area contributed by atoms with Crippen LogP contribution in [0, 0.1) is 5.92 Å². The zero-order valence-electron chi connectivity index (χ0n) is 11.5. The van der Waals surface area contributed by atoms with Crippen molar-refractivity contribution in [3.05, 3.63) is 35.4 Å². The van der Waals surface area contributed by atoms with Gasteiger partial charge in [0.15, 0.2) is 0 Å². The summed E-state index contributed by atoms with van der Waals surface area (Å²) in [6.07, 6.45) is 4.66. The summed E-state index contributed by atoms with van der Waals surface area (Å²) in [6.45, 7) is 2.94. The van der Waals surface area contributed by atoms with Crippen LogP contribution in [0.25, 0.3) is 0 Å². The number of hydrogen-bond acceptors (Lipinski definition) is 2. The van der Waals surface area contributed by atoms with E-state index in [-0.39, 0.29) is 11.9 Å². The fraction of sp³-hybridized carbons (Fsp3) is 0.562. The van der Waals surface area contributed by atoms with Crippen LogP contribution in [0.4, 0.5) is 0 Å². The molecule has 1 heterocycles. The van der Waals surface area contributed by atoms with Crippen LogP contribution >= 0.6 is 0 Å². The minimum Gasteiger partial charge on any atom is -0.352 e. The smallest absolute Gasteiger partial charge is 0.237 e. The Balaban J connectivity index is 1.59. The number of amides is 1. The number of hydrogen-bond donors (Lipinski definition) is 2. The van der Waals surface area contributed by atoms with Gasteiger partial charge >= 0.3 is 0 Å². The molecule has 1 aliphatic heterocycles. The van der Waals surface area contributed by atoms with Gasteiger partial charge in [-0.3, -0.25) is 4.79 Å². The van der Waals surface area contributed by atoms with Crippen LogP contribution < -0.4 is 10.6 Å². The zero-order valence-corrected chi connectivity index (χ0v) is 11.5. The highest BCUT2D eigenvalue weighted by Gasteiger charge is 2.29. The van der Waals surface area contributed by atoms with Crippen molar-refractivity contribution in [1.82, 2.24) is 10.6 Å². The Hall–Kier alpha value is -1.35. The van der Waals surface area contributed by atoms with Gasteiger partial charge in [0.1, 0.15) is 0 Å². The van der Waals surface area contributed by atoms with Crippen LogP contribution in [0.1, 0.15) is 37.3 Å². The van der Waals surface area contributed by atoms with Crippen LogP contribution in [0.5, 0.6) is 0 Å². The molecular formula is C16H22N2O. The highest BCUT2D eigenvalue weighted by Crippen LogP contribution is 2.29. The highest BCUT2D eigenvalue weighted by molar-refractivity contribution is 5.82. The van der Waals surface area contributed by atoms with Crippen molar-refractivity contribution in [2.75, 3.05) is 0 Å². The van der Waals surface area contributed by atoms with Crippen molar-refractivity contribution in [2.45, 2.75) is 51.2 Å². The average Bonchev–Trinajstić information content (AvgIpc) is 2.36. The Morgan fingerprint density at radius 2 is 2.05 bits per heavy atom. The van der Waals surface area contributed by atoms with Crippen molar-refractivity contribution in [3.63, 3.8) is 0 Å². The lowest BCUT2D eigenvalue weighted by atomic mass is 9.80. The van der Waals surface area contributed by atoms with Gasteiger partial charge in [0, 0.05) is 12.6 Å². The predicted octanol–water partition coefficient (Wildman–Crippen LogP) is 2.01. The first-order valence-electron chi connectivity index (χ1n) is 7.34. The topological polar surface area (TPSA) is 41.1 Å². The van der Waals surface area contributed by atoms with Crippen molar-refractivity contribution >= 4 is 5.91 Å². The van der Waals surface area contributed by atoms with Gasteiger partial charge in [0.25, 0.3) is 0 Å². The Morgan fingerprint density at radius 1 is 1.32 bits per heavy atom. The second-order valence-corrected chi connectivity index (χ2v) is 5.89. The minimum absolute atomic E-state index is 0.0718. The van der Waals surface area contributed by atoms with Crippen molar-refractivity contribution in [3.8, 4) is 0 Å². The van der Waals surface area contributed by atoms with E-state index in [4.69, 9.17) is 0 Å². The lowest BCUT2D eigenvalue weighted by Crippen LogP contribution is -2.51. The van der Waals surface area contributed by atoms with Gasteiger partial charge in [-0.15, -0.1) is 0 Å². The van der Waals surface area contributed by atoms with Gasteiger partial charge in [-0.2, -0.15) is 0 Å². The summed E-state index contributed by atoms with van der Waals surface area (Å²) in [5.41, 5.74) is 2.62. The third kappa shape index (κ3) is 2.66. The standard InChI is InChI=1S/C16H22N2O/c1-11(12-7-4-8-12)18-16(19)15-9-13-5-2-3-6-14(13)10-17-15/h2-3,5-6,11-12,15,17H,4,7-10H2,1H3,(H,18,19)/t11?,15-/m0/s1. The van der Waals surface area contributed by atoms with E-state index < -0.39 is 0 Å². The first-order chi connectivity index (χ1) is 9.24. The van der Waals surface area contributed by atoms with Crippen molar-refractivity contribution in [2.24, 2.45) is 5.92 Å². The van der Waals surface area contributed by atoms with E-state index in [1.54, 1.807) is 0 Å². The summed E-state index contributed by atoms with van der Waals surface area (Å²) in [6, 6.07) is 8.62. The van der Waals surface area contributed by atoms with E-state index in [0.717, 1.165) is 13.0 Å². The van der Waals surface area contributed by atoms with Gasteiger partial charge in [-0.25, -0.2) is 0 Å². The minimum atomic E-state index is -0.0718. The van der Waals surface area contributed by atoms with E-state index >= 15 is 0 Å². The summed E-state index contributed by atoms with van der Waals surface area (Å²) in [5.74, 6) is 0.855. The molecule has 1 fully saturated rings. The third-order valence-corrected chi connectivity index (χ3v) is 4.62. The molecule has 1 amide bonds. The molecule has 0 radical (unpaired) electrons. The van der Waals surface area contributed by atoms with E-state index in [2.05, 4.69) is 41.8 Å². The van der Waals surface area contributed by atoms with Crippen molar-refractivity contribution < 1.29 is 4.79 Å². The molecule has 0 bridgehead atoms. The van der Waals surface area contributed by atoms with Crippen LogP contribution in [0.15, 0.2) is 24.3 Å². The number of fused-ring (bicyclic) bond motifs is 1. The average molecular weight is 258 g/mol. The maximum atomic E-state index is 12.3. The lowest BCUT2D eigenvalue weighted by molar-refractivity contribution is -0.124. The molecule has 0 spiro atoms. The molecule has 1 aliphatic carbocycles. The molecule has 1 aromatic carbocycles. The quantitative estimate of drug-likeness (QED) is 0.870. The van der Waals surface area contributed by atoms with Gasteiger partial charge in [0.05, 0.1) is 6.04 Å². The molecule has 19 heavy (non-hydrogen) atoms. The molecule has 1 saturated carbocycles. The number of rotatable bonds is 3. The molecule has 102 valence electrons. The number of benzene rings is 1. The summed E-state index contributed by atoms with van der Waals surface area (Å²) >= 11 is 0. The monoisotopic (exact) mass is 258 g/mol. The van der Waals surface area contributed by atoms with Crippen LogP contribution in [0.2, 0.25) is 0 Å². The lowest BCUT2D eigenvalue weighted by Gasteiger charge is -2.33. The Bertz CT molecular complexity index is 468. The predicted molar refractivity (Wildman–Crippen MR) is 75.7 cm³/mol. The molecule has 2 aliphatic rings. The SMILES string of the molecule is CC(NC(=O)[C@@H]1Cc2ccccc2CN1)C1CCC1. The molecule has 2 atom stereocenters. The molecule has 3 nitrogen and oxygen atoms in total. The van der Waals surface area contributed by atoms with E-state index in [1.165, 1.54) is 30.4 Å². The fourth-order valence-electron chi connectivity index (χ4n) is 3.02. The Morgan fingerprint density at radius 3 is 2.74 bits per heavy atom. The first-order valence-corrected chi connectivity index (χ1v) is 7.34. The molecule has 1 unspecified atom stereocenters.